The summed E-state index contributed by atoms with van der Waals surface area (Å²) in [5, 5.41) is 3.77. The summed E-state index contributed by atoms with van der Waals surface area (Å²) in [4.78, 5) is 26.8. The molecule has 1 amide bonds. The average Bonchev–Trinajstić information content (AvgIpc) is 3.09. The predicted octanol–water partition coefficient (Wildman–Crippen LogP) is 4.50. The van der Waals surface area contributed by atoms with E-state index in [1.54, 1.807) is 0 Å². The number of hydrogen-bond acceptors (Lipinski definition) is 4. The number of nitrogens with two attached hydrogens (primary N) is 1. The largest absolute Gasteiger partial charge is 0.363 e. The molecule has 1 aromatic heterocycles. The van der Waals surface area contributed by atoms with Gasteiger partial charge in [0.2, 0.25) is 11.7 Å². The van der Waals surface area contributed by atoms with E-state index in [0.29, 0.717) is 6.42 Å². The van der Waals surface area contributed by atoms with Crippen LogP contribution in [0.4, 0.5) is 0 Å². The number of nitrogens with zero attached hydrogens (tertiary/aromatic N) is 3. The number of aromatic nitrogens is 3. The van der Waals surface area contributed by atoms with Gasteiger partial charge in [0, 0.05) is 6.42 Å². The van der Waals surface area contributed by atoms with E-state index in [9.17, 15) is 9.59 Å². The van der Waals surface area contributed by atoms with Crippen molar-refractivity contribution < 1.29 is 9.59 Å². The molecule has 142 valence electrons. The van der Waals surface area contributed by atoms with E-state index in [-0.39, 0.29) is 11.7 Å². The van der Waals surface area contributed by atoms with Crippen LogP contribution in [0, 0.1) is 0 Å². The van der Waals surface area contributed by atoms with Crippen molar-refractivity contribution in [2.75, 3.05) is 0 Å². The van der Waals surface area contributed by atoms with Crippen LogP contribution in [0.15, 0.2) is 6.33 Å². The van der Waals surface area contributed by atoms with Gasteiger partial charge in [-0.25, -0.2) is 4.98 Å². The number of amides is 1. The fourth-order valence-electron chi connectivity index (χ4n) is 2.99. The SMILES string of the molecule is CCCCCCCCCCCCCCCC(=O)n1ncnc1C(N)=O. The zero-order chi connectivity index (χ0) is 18.3. The number of carbonyl (C=O) groups excluding carboxylic acids is 2. The highest BCUT2D eigenvalue weighted by Crippen LogP contribution is 2.13. The molecule has 0 atom stereocenters. The summed E-state index contributed by atoms with van der Waals surface area (Å²) >= 11 is 0. The number of carbonyl (C=O) groups is 2. The van der Waals surface area contributed by atoms with Crippen molar-refractivity contribution in [2.24, 2.45) is 5.73 Å². The second-order valence-electron chi connectivity index (χ2n) is 6.75. The van der Waals surface area contributed by atoms with Crippen LogP contribution in [-0.2, 0) is 0 Å². The molecule has 0 aromatic carbocycles. The van der Waals surface area contributed by atoms with Gasteiger partial charge in [0.1, 0.15) is 6.33 Å². The number of primary amides is 1. The van der Waals surface area contributed by atoms with E-state index >= 15 is 0 Å². The Labute approximate surface area is 151 Å². The molecule has 6 heteroatoms. The minimum atomic E-state index is -0.726. The number of unbranched alkanes of at least 4 members (excludes halogenated alkanes) is 12. The average molecular weight is 351 g/mol. The van der Waals surface area contributed by atoms with Crippen LogP contribution in [0.1, 0.15) is 112 Å². The molecule has 0 fully saturated rings. The molecule has 0 saturated carbocycles. The second kappa shape index (κ2) is 13.6. The first kappa shape index (κ1) is 21.3. The topological polar surface area (TPSA) is 90.9 Å². The summed E-state index contributed by atoms with van der Waals surface area (Å²) in [5.74, 6) is -1.02. The van der Waals surface area contributed by atoms with Gasteiger partial charge in [0.05, 0.1) is 0 Å². The summed E-state index contributed by atoms with van der Waals surface area (Å²) in [6.07, 6.45) is 18.0. The van der Waals surface area contributed by atoms with E-state index in [1.807, 2.05) is 0 Å². The second-order valence-corrected chi connectivity index (χ2v) is 6.75. The van der Waals surface area contributed by atoms with E-state index < -0.39 is 5.91 Å². The highest BCUT2D eigenvalue weighted by atomic mass is 16.2. The third-order valence-electron chi connectivity index (χ3n) is 4.50. The van der Waals surface area contributed by atoms with Gasteiger partial charge in [0.15, 0.2) is 0 Å². The molecule has 1 aromatic rings. The van der Waals surface area contributed by atoms with Gasteiger partial charge >= 0.3 is 0 Å². The van der Waals surface area contributed by atoms with Crippen molar-refractivity contribution in [3.63, 3.8) is 0 Å². The van der Waals surface area contributed by atoms with Crippen LogP contribution >= 0.6 is 0 Å². The van der Waals surface area contributed by atoms with Crippen LogP contribution in [0.2, 0.25) is 0 Å². The first-order valence-corrected chi connectivity index (χ1v) is 9.89. The Balaban J connectivity index is 1.94. The van der Waals surface area contributed by atoms with Gasteiger partial charge in [-0.05, 0) is 6.42 Å². The summed E-state index contributed by atoms with van der Waals surface area (Å²) in [5.41, 5.74) is 5.16. The molecule has 6 nitrogen and oxygen atoms in total. The number of hydrogen-bond donors (Lipinski definition) is 1. The lowest BCUT2D eigenvalue weighted by Gasteiger charge is -2.04. The van der Waals surface area contributed by atoms with E-state index in [4.69, 9.17) is 5.73 Å². The van der Waals surface area contributed by atoms with Crippen molar-refractivity contribution in [3.05, 3.63) is 12.2 Å². The fraction of sp³-hybridized carbons (Fsp3) is 0.789. The Bertz CT molecular complexity index is 499. The quantitative estimate of drug-likeness (QED) is 0.471. The van der Waals surface area contributed by atoms with Gasteiger partial charge in [-0.15, -0.1) is 0 Å². The molecule has 25 heavy (non-hydrogen) atoms. The van der Waals surface area contributed by atoms with Crippen molar-refractivity contribution in [2.45, 2.75) is 96.8 Å². The molecule has 1 rings (SSSR count). The molecule has 0 aliphatic rings. The minimum absolute atomic E-state index is 0.0836. The van der Waals surface area contributed by atoms with Crippen LogP contribution < -0.4 is 5.73 Å². The van der Waals surface area contributed by atoms with Crippen molar-refractivity contribution in [1.29, 1.82) is 0 Å². The molecular weight excluding hydrogens is 316 g/mol. The fourth-order valence-corrected chi connectivity index (χ4v) is 2.99. The van der Waals surface area contributed by atoms with E-state index in [2.05, 4.69) is 17.0 Å². The minimum Gasteiger partial charge on any atom is -0.363 e. The van der Waals surface area contributed by atoms with Crippen molar-refractivity contribution in [3.8, 4) is 0 Å². The normalized spacial score (nSPS) is 10.9. The molecule has 0 unspecified atom stereocenters. The van der Waals surface area contributed by atoms with Gasteiger partial charge in [-0.1, -0.05) is 84.0 Å². The van der Waals surface area contributed by atoms with Crippen molar-refractivity contribution >= 4 is 11.8 Å². The Morgan fingerprint density at radius 2 is 1.36 bits per heavy atom. The lowest BCUT2D eigenvalue weighted by molar-refractivity contribution is 0.0856. The molecule has 1 heterocycles. The first-order valence-electron chi connectivity index (χ1n) is 9.89. The molecular formula is C19H34N4O2. The van der Waals surface area contributed by atoms with Crippen LogP contribution in [0.25, 0.3) is 0 Å². The van der Waals surface area contributed by atoms with Gasteiger partial charge in [0.25, 0.3) is 5.91 Å². The third kappa shape index (κ3) is 9.37. The number of rotatable bonds is 15. The van der Waals surface area contributed by atoms with Gasteiger partial charge in [-0.2, -0.15) is 9.78 Å². The Morgan fingerprint density at radius 3 is 1.84 bits per heavy atom. The zero-order valence-electron chi connectivity index (χ0n) is 15.7. The zero-order valence-corrected chi connectivity index (χ0v) is 15.7. The summed E-state index contributed by atoms with van der Waals surface area (Å²) in [6.45, 7) is 2.25. The maximum Gasteiger partial charge on any atom is 0.286 e. The van der Waals surface area contributed by atoms with Gasteiger partial charge in [-0.3, -0.25) is 9.59 Å². The first-order chi connectivity index (χ1) is 12.2. The lowest BCUT2D eigenvalue weighted by atomic mass is 10.0. The maximum atomic E-state index is 12.0. The Kier molecular flexibility index (Phi) is 11.6. The molecule has 2 N–H and O–H groups in total. The standard InChI is InChI=1S/C19H34N4O2/c1-2-3-4-5-6-7-8-9-10-11-12-13-14-15-17(24)23-19(18(20)25)21-16-22-23/h16H,2-15H2,1H3,(H2,20,25). The summed E-state index contributed by atoms with van der Waals surface area (Å²) in [7, 11) is 0. The Morgan fingerprint density at radius 1 is 0.880 bits per heavy atom. The summed E-state index contributed by atoms with van der Waals surface area (Å²) in [6, 6.07) is 0. The Hall–Kier alpha value is -1.72. The van der Waals surface area contributed by atoms with Crippen LogP contribution in [0.5, 0.6) is 0 Å². The molecule has 0 aliphatic heterocycles. The van der Waals surface area contributed by atoms with Crippen molar-refractivity contribution in [1.82, 2.24) is 14.8 Å². The molecule has 0 radical (unpaired) electrons. The molecule has 0 spiro atoms. The highest BCUT2D eigenvalue weighted by molar-refractivity contribution is 5.93. The highest BCUT2D eigenvalue weighted by Gasteiger charge is 2.15. The molecule has 0 aliphatic carbocycles. The molecule has 0 saturated heterocycles. The third-order valence-corrected chi connectivity index (χ3v) is 4.50. The smallest absolute Gasteiger partial charge is 0.286 e. The predicted molar refractivity (Wildman–Crippen MR) is 99.5 cm³/mol. The molecule has 0 bridgehead atoms. The van der Waals surface area contributed by atoms with E-state index in [1.165, 1.54) is 70.5 Å². The van der Waals surface area contributed by atoms with Crippen LogP contribution in [0.3, 0.4) is 0 Å². The monoisotopic (exact) mass is 350 g/mol. The lowest BCUT2D eigenvalue weighted by Crippen LogP contribution is -2.23. The summed E-state index contributed by atoms with van der Waals surface area (Å²) < 4.78 is 1.02. The van der Waals surface area contributed by atoms with Gasteiger partial charge < -0.3 is 5.73 Å². The maximum absolute atomic E-state index is 12.0. The van der Waals surface area contributed by atoms with E-state index in [0.717, 1.165) is 23.9 Å². The van der Waals surface area contributed by atoms with Crippen LogP contribution in [-0.4, -0.2) is 26.6 Å².